The zero-order valence-electron chi connectivity index (χ0n) is 10.5. The highest BCUT2D eigenvalue weighted by atomic mass is 32.2. The van der Waals surface area contributed by atoms with E-state index in [2.05, 4.69) is 11.4 Å². The molecule has 0 aromatic heterocycles. The molecule has 0 bridgehead atoms. The lowest BCUT2D eigenvalue weighted by Gasteiger charge is -2.13. The molecule has 102 valence electrons. The lowest BCUT2D eigenvalue weighted by Crippen LogP contribution is -2.12. The number of hydrogen-bond acceptors (Lipinski definition) is 4. The number of sulfonamides is 1. The SMILES string of the molecule is N#CC(Nc1ccc(S(N)(=O)=O)cc1)c1ccccc1. The third kappa shape index (κ3) is 3.35. The first-order chi connectivity index (χ1) is 9.50. The Balaban J connectivity index is 2.20. The van der Waals surface area contributed by atoms with Crippen molar-refractivity contribution in [2.45, 2.75) is 10.9 Å². The molecule has 2 rings (SSSR count). The fraction of sp³-hybridized carbons (Fsp3) is 0.0714. The Morgan fingerprint density at radius 1 is 1.05 bits per heavy atom. The molecule has 0 spiro atoms. The normalized spacial score (nSPS) is 12.4. The molecule has 0 saturated heterocycles. The van der Waals surface area contributed by atoms with Crippen LogP contribution in [-0.2, 0) is 10.0 Å². The molecule has 0 aliphatic heterocycles. The number of rotatable bonds is 4. The zero-order chi connectivity index (χ0) is 14.6. The molecule has 0 fully saturated rings. The van der Waals surface area contributed by atoms with Crippen molar-refractivity contribution in [3.8, 4) is 6.07 Å². The monoisotopic (exact) mass is 287 g/mol. The summed E-state index contributed by atoms with van der Waals surface area (Å²) in [5.41, 5.74) is 1.48. The van der Waals surface area contributed by atoms with E-state index in [0.29, 0.717) is 5.69 Å². The van der Waals surface area contributed by atoms with Crippen molar-refractivity contribution >= 4 is 15.7 Å². The molecule has 20 heavy (non-hydrogen) atoms. The van der Waals surface area contributed by atoms with E-state index in [-0.39, 0.29) is 4.90 Å². The van der Waals surface area contributed by atoms with Gasteiger partial charge in [0.25, 0.3) is 0 Å². The number of hydrogen-bond donors (Lipinski definition) is 2. The summed E-state index contributed by atoms with van der Waals surface area (Å²) in [5, 5.41) is 17.2. The van der Waals surface area contributed by atoms with Crippen molar-refractivity contribution < 1.29 is 8.42 Å². The molecular formula is C14H13N3O2S. The van der Waals surface area contributed by atoms with E-state index in [1.807, 2.05) is 30.3 Å². The largest absolute Gasteiger partial charge is 0.366 e. The van der Waals surface area contributed by atoms with Gasteiger partial charge in [-0.05, 0) is 29.8 Å². The molecule has 0 radical (unpaired) electrons. The Morgan fingerprint density at radius 3 is 2.15 bits per heavy atom. The van der Waals surface area contributed by atoms with Crippen LogP contribution >= 0.6 is 0 Å². The van der Waals surface area contributed by atoms with Gasteiger partial charge in [-0.15, -0.1) is 0 Å². The molecular weight excluding hydrogens is 274 g/mol. The Hall–Kier alpha value is -2.36. The smallest absolute Gasteiger partial charge is 0.238 e. The molecule has 2 aromatic carbocycles. The van der Waals surface area contributed by atoms with Crippen molar-refractivity contribution in [2.75, 3.05) is 5.32 Å². The molecule has 2 aromatic rings. The van der Waals surface area contributed by atoms with Gasteiger partial charge < -0.3 is 5.32 Å². The van der Waals surface area contributed by atoms with E-state index in [4.69, 9.17) is 5.14 Å². The van der Waals surface area contributed by atoms with Crippen LogP contribution < -0.4 is 10.5 Å². The summed E-state index contributed by atoms with van der Waals surface area (Å²) in [6.45, 7) is 0. The van der Waals surface area contributed by atoms with Crippen molar-refractivity contribution in [3.05, 3.63) is 60.2 Å². The lowest BCUT2D eigenvalue weighted by molar-refractivity contribution is 0.598. The molecule has 0 amide bonds. The van der Waals surface area contributed by atoms with E-state index in [0.717, 1.165) is 5.56 Å². The standard InChI is InChI=1S/C14H13N3O2S/c15-10-14(11-4-2-1-3-5-11)17-12-6-8-13(9-7-12)20(16,18)19/h1-9,14,17H,(H2,16,18,19). The summed E-state index contributed by atoms with van der Waals surface area (Å²) >= 11 is 0. The van der Waals surface area contributed by atoms with E-state index >= 15 is 0 Å². The van der Waals surface area contributed by atoms with Crippen LogP contribution in [0, 0.1) is 11.3 Å². The maximum absolute atomic E-state index is 11.1. The first-order valence-corrected chi connectivity index (χ1v) is 7.39. The number of primary sulfonamides is 1. The van der Waals surface area contributed by atoms with Gasteiger partial charge in [0.05, 0.1) is 11.0 Å². The van der Waals surface area contributed by atoms with E-state index in [1.165, 1.54) is 12.1 Å². The Bertz CT molecular complexity index is 719. The fourth-order valence-electron chi connectivity index (χ4n) is 1.74. The molecule has 3 N–H and O–H groups in total. The maximum Gasteiger partial charge on any atom is 0.238 e. The van der Waals surface area contributed by atoms with E-state index in [1.54, 1.807) is 12.1 Å². The predicted octanol–water partition coefficient (Wildman–Crippen LogP) is 2.01. The van der Waals surface area contributed by atoms with Crippen molar-refractivity contribution in [2.24, 2.45) is 5.14 Å². The molecule has 1 unspecified atom stereocenters. The summed E-state index contributed by atoms with van der Waals surface area (Å²) in [4.78, 5) is 0.0382. The van der Waals surface area contributed by atoms with Crippen LogP contribution in [0.1, 0.15) is 11.6 Å². The van der Waals surface area contributed by atoms with Crippen LogP contribution in [-0.4, -0.2) is 8.42 Å². The van der Waals surface area contributed by atoms with Gasteiger partial charge in [-0.2, -0.15) is 5.26 Å². The van der Waals surface area contributed by atoms with Crippen molar-refractivity contribution in [3.63, 3.8) is 0 Å². The second-order valence-corrected chi connectivity index (χ2v) is 5.75. The molecule has 1 atom stereocenters. The first-order valence-electron chi connectivity index (χ1n) is 5.84. The maximum atomic E-state index is 11.1. The van der Waals surface area contributed by atoms with Crippen LogP contribution in [0.4, 0.5) is 5.69 Å². The molecule has 0 heterocycles. The van der Waals surface area contributed by atoms with Crippen LogP contribution in [0.2, 0.25) is 0 Å². The number of nitriles is 1. The molecule has 0 saturated carbocycles. The second-order valence-electron chi connectivity index (χ2n) is 4.19. The minimum absolute atomic E-state index is 0.0382. The quantitative estimate of drug-likeness (QED) is 0.899. The molecule has 6 heteroatoms. The summed E-state index contributed by atoms with van der Waals surface area (Å²) in [7, 11) is -3.70. The van der Waals surface area contributed by atoms with Gasteiger partial charge in [-0.25, -0.2) is 13.6 Å². The number of nitrogens with two attached hydrogens (primary N) is 1. The van der Waals surface area contributed by atoms with Gasteiger partial charge in [-0.3, -0.25) is 0 Å². The average Bonchev–Trinajstić information content (AvgIpc) is 2.45. The Kier molecular flexibility index (Phi) is 4.03. The average molecular weight is 287 g/mol. The summed E-state index contributed by atoms with van der Waals surface area (Å²) in [6.07, 6.45) is 0. The molecule has 0 aliphatic carbocycles. The van der Waals surface area contributed by atoms with Gasteiger partial charge in [0.15, 0.2) is 0 Å². The third-order valence-corrected chi connectivity index (χ3v) is 3.69. The van der Waals surface area contributed by atoms with Crippen LogP contribution in [0.25, 0.3) is 0 Å². The number of nitrogens with zero attached hydrogens (tertiary/aromatic N) is 1. The fourth-order valence-corrected chi connectivity index (χ4v) is 2.26. The minimum Gasteiger partial charge on any atom is -0.366 e. The van der Waals surface area contributed by atoms with Crippen molar-refractivity contribution in [1.82, 2.24) is 0 Å². The third-order valence-electron chi connectivity index (χ3n) is 2.76. The highest BCUT2D eigenvalue weighted by Gasteiger charge is 2.11. The molecule has 5 nitrogen and oxygen atoms in total. The highest BCUT2D eigenvalue weighted by Crippen LogP contribution is 2.20. The Morgan fingerprint density at radius 2 is 1.65 bits per heavy atom. The number of anilines is 1. The van der Waals surface area contributed by atoms with Gasteiger partial charge in [0.1, 0.15) is 6.04 Å². The summed E-state index contributed by atoms with van der Waals surface area (Å²) in [6, 6.07) is 16.9. The van der Waals surface area contributed by atoms with E-state index in [9.17, 15) is 13.7 Å². The lowest BCUT2D eigenvalue weighted by atomic mass is 10.1. The van der Waals surface area contributed by atoms with Gasteiger partial charge in [-0.1, -0.05) is 30.3 Å². The highest BCUT2D eigenvalue weighted by molar-refractivity contribution is 7.89. The topological polar surface area (TPSA) is 96.0 Å². The summed E-state index contributed by atoms with van der Waals surface area (Å²) in [5.74, 6) is 0. The van der Waals surface area contributed by atoms with Gasteiger partial charge in [0.2, 0.25) is 10.0 Å². The van der Waals surface area contributed by atoms with Crippen LogP contribution in [0.3, 0.4) is 0 Å². The Labute approximate surface area is 117 Å². The van der Waals surface area contributed by atoms with Gasteiger partial charge >= 0.3 is 0 Å². The second kappa shape index (κ2) is 5.74. The molecule has 0 aliphatic rings. The van der Waals surface area contributed by atoms with Gasteiger partial charge in [0, 0.05) is 5.69 Å². The first kappa shape index (κ1) is 14.1. The minimum atomic E-state index is -3.70. The van der Waals surface area contributed by atoms with Crippen LogP contribution in [0.15, 0.2) is 59.5 Å². The van der Waals surface area contributed by atoms with E-state index < -0.39 is 16.1 Å². The number of benzene rings is 2. The predicted molar refractivity (Wildman–Crippen MR) is 76.2 cm³/mol. The van der Waals surface area contributed by atoms with Crippen LogP contribution in [0.5, 0.6) is 0 Å². The van der Waals surface area contributed by atoms with Crippen molar-refractivity contribution in [1.29, 1.82) is 5.26 Å². The zero-order valence-corrected chi connectivity index (χ0v) is 11.3. The number of nitrogens with one attached hydrogen (secondary N) is 1. The summed E-state index contributed by atoms with van der Waals surface area (Å²) < 4.78 is 22.3.